The van der Waals surface area contributed by atoms with E-state index < -0.39 is 0 Å². The predicted octanol–water partition coefficient (Wildman–Crippen LogP) is 5.37. The Hall–Kier alpha value is -2.40. The second-order valence-electron chi connectivity index (χ2n) is 5.71. The minimum Gasteiger partial charge on any atom is -0.486 e. The SMILES string of the molecule is CC(C)C(=O)c1cc2c(cc1N=Nc1ccc(Cl)cc1)OCCO2. The highest BCUT2D eigenvalue weighted by molar-refractivity contribution is 6.30. The maximum atomic E-state index is 12.5. The molecule has 24 heavy (non-hydrogen) atoms. The van der Waals surface area contributed by atoms with Gasteiger partial charge >= 0.3 is 0 Å². The molecule has 0 spiro atoms. The van der Waals surface area contributed by atoms with Crippen LogP contribution in [0.5, 0.6) is 11.5 Å². The molecule has 0 radical (unpaired) electrons. The highest BCUT2D eigenvalue weighted by atomic mass is 35.5. The summed E-state index contributed by atoms with van der Waals surface area (Å²) >= 11 is 5.86. The van der Waals surface area contributed by atoms with Crippen LogP contribution in [0, 0.1) is 5.92 Å². The number of ether oxygens (including phenoxy) is 2. The quantitative estimate of drug-likeness (QED) is 0.553. The lowest BCUT2D eigenvalue weighted by Gasteiger charge is -2.20. The number of benzene rings is 2. The Bertz CT molecular complexity index is 786. The van der Waals surface area contributed by atoms with Gasteiger partial charge in [-0.3, -0.25) is 4.79 Å². The number of fused-ring (bicyclic) bond motifs is 1. The van der Waals surface area contributed by atoms with Crippen molar-refractivity contribution in [2.24, 2.45) is 16.1 Å². The summed E-state index contributed by atoms with van der Waals surface area (Å²) in [5, 5.41) is 9.06. The number of Topliss-reactive ketones (excluding diaryl/α,β-unsaturated/α-hetero) is 1. The lowest BCUT2D eigenvalue weighted by atomic mass is 9.99. The van der Waals surface area contributed by atoms with Crippen LogP contribution in [0.1, 0.15) is 24.2 Å². The molecule has 2 aromatic carbocycles. The molecule has 1 aliphatic rings. The van der Waals surface area contributed by atoms with Gasteiger partial charge in [-0.25, -0.2) is 0 Å². The fourth-order valence-electron chi connectivity index (χ4n) is 2.29. The normalized spacial score (nSPS) is 13.5. The average molecular weight is 345 g/mol. The van der Waals surface area contributed by atoms with Crippen LogP contribution in [-0.4, -0.2) is 19.0 Å². The van der Waals surface area contributed by atoms with Gasteiger partial charge in [0.1, 0.15) is 18.9 Å². The Morgan fingerprint density at radius 1 is 1.04 bits per heavy atom. The van der Waals surface area contributed by atoms with Crippen molar-refractivity contribution in [3.05, 3.63) is 47.0 Å². The van der Waals surface area contributed by atoms with Crippen molar-refractivity contribution >= 4 is 28.8 Å². The molecule has 1 heterocycles. The van der Waals surface area contributed by atoms with E-state index in [9.17, 15) is 4.79 Å². The average Bonchev–Trinajstić information content (AvgIpc) is 2.59. The highest BCUT2D eigenvalue weighted by Crippen LogP contribution is 2.38. The number of carbonyl (C=O) groups excluding carboxylic acids is 1. The third-order valence-corrected chi connectivity index (χ3v) is 3.80. The van der Waals surface area contributed by atoms with E-state index in [0.717, 1.165) is 0 Å². The van der Waals surface area contributed by atoms with Crippen LogP contribution in [0.15, 0.2) is 46.6 Å². The van der Waals surface area contributed by atoms with Gasteiger partial charge in [-0.1, -0.05) is 25.4 Å². The van der Waals surface area contributed by atoms with Crippen molar-refractivity contribution in [1.29, 1.82) is 0 Å². The zero-order valence-electron chi connectivity index (χ0n) is 13.5. The number of ketones is 1. The first kappa shape index (κ1) is 16.5. The van der Waals surface area contributed by atoms with Crippen molar-refractivity contribution in [2.45, 2.75) is 13.8 Å². The molecule has 0 aromatic heterocycles. The predicted molar refractivity (Wildman–Crippen MR) is 92.2 cm³/mol. The second kappa shape index (κ2) is 7.01. The molecule has 0 saturated heterocycles. The summed E-state index contributed by atoms with van der Waals surface area (Å²) in [4.78, 5) is 12.5. The fraction of sp³-hybridized carbons (Fsp3) is 0.278. The molecule has 0 unspecified atom stereocenters. The van der Waals surface area contributed by atoms with E-state index in [0.29, 0.717) is 46.7 Å². The molecule has 1 aliphatic heterocycles. The first-order valence-corrected chi connectivity index (χ1v) is 8.07. The summed E-state index contributed by atoms with van der Waals surface area (Å²) in [6.45, 7) is 4.63. The summed E-state index contributed by atoms with van der Waals surface area (Å²) in [5.74, 6) is 0.969. The summed E-state index contributed by atoms with van der Waals surface area (Å²) in [5.41, 5.74) is 1.59. The minimum atomic E-state index is -0.156. The number of rotatable bonds is 4. The van der Waals surface area contributed by atoms with Crippen LogP contribution in [0.25, 0.3) is 0 Å². The summed E-state index contributed by atoms with van der Waals surface area (Å²) in [7, 11) is 0. The Morgan fingerprint density at radius 3 is 2.29 bits per heavy atom. The van der Waals surface area contributed by atoms with Crippen molar-refractivity contribution in [1.82, 2.24) is 0 Å². The lowest BCUT2D eigenvalue weighted by Crippen LogP contribution is -2.16. The van der Waals surface area contributed by atoms with Gasteiger partial charge in [0.15, 0.2) is 17.3 Å². The summed E-state index contributed by atoms with van der Waals surface area (Å²) in [6.07, 6.45) is 0. The number of carbonyl (C=O) groups is 1. The molecule has 124 valence electrons. The number of hydrogen-bond donors (Lipinski definition) is 0. The van der Waals surface area contributed by atoms with Crippen LogP contribution in [0.3, 0.4) is 0 Å². The standard InChI is InChI=1S/C18H17ClN2O3/c1-11(2)18(22)14-9-16-17(24-8-7-23-16)10-15(14)21-20-13-5-3-12(19)4-6-13/h3-6,9-11H,7-8H2,1-2H3. The molecule has 0 saturated carbocycles. The molecule has 0 aliphatic carbocycles. The highest BCUT2D eigenvalue weighted by Gasteiger charge is 2.21. The summed E-state index contributed by atoms with van der Waals surface area (Å²) in [6, 6.07) is 10.4. The van der Waals surface area contributed by atoms with Gasteiger partial charge in [0.05, 0.1) is 5.69 Å². The van der Waals surface area contributed by atoms with Gasteiger partial charge < -0.3 is 9.47 Å². The molecule has 0 atom stereocenters. The maximum absolute atomic E-state index is 12.5. The monoisotopic (exact) mass is 344 g/mol. The molecule has 6 heteroatoms. The van der Waals surface area contributed by atoms with Gasteiger partial charge in [-0.05, 0) is 30.3 Å². The van der Waals surface area contributed by atoms with Crippen molar-refractivity contribution < 1.29 is 14.3 Å². The van der Waals surface area contributed by atoms with Crippen molar-refractivity contribution in [3.63, 3.8) is 0 Å². The molecular weight excluding hydrogens is 328 g/mol. The minimum absolute atomic E-state index is 0.0166. The third-order valence-electron chi connectivity index (χ3n) is 3.55. The maximum Gasteiger partial charge on any atom is 0.167 e. The van der Waals surface area contributed by atoms with E-state index >= 15 is 0 Å². The van der Waals surface area contributed by atoms with E-state index in [4.69, 9.17) is 21.1 Å². The van der Waals surface area contributed by atoms with Crippen molar-refractivity contribution in [2.75, 3.05) is 13.2 Å². The number of halogens is 1. The Labute approximate surface area is 145 Å². The van der Waals surface area contributed by atoms with Crippen molar-refractivity contribution in [3.8, 4) is 11.5 Å². The van der Waals surface area contributed by atoms with Gasteiger partial charge in [0.2, 0.25) is 0 Å². The van der Waals surface area contributed by atoms with E-state index in [1.807, 2.05) is 13.8 Å². The van der Waals surface area contributed by atoms with E-state index in [1.54, 1.807) is 36.4 Å². The van der Waals surface area contributed by atoms with Gasteiger partial charge in [-0.2, -0.15) is 5.11 Å². The van der Waals surface area contributed by atoms with E-state index in [2.05, 4.69) is 10.2 Å². The fourth-order valence-corrected chi connectivity index (χ4v) is 2.41. The van der Waals surface area contributed by atoms with Crippen LogP contribution in [0.4, 0.5) is 11.4 Å². The second-order valence-corrected chi connectivity index (χ2v) is 6.14. The van der Waals surface area contributed by atoms with E-state index in [-0.39, 0.29) is 11.7 Å². The smallest absolute Gasteiger partial charge is 0.167 e. The first-order chi connectivity index (χ1) is 11.5. The number of hydrogen-bond acceptors (Lipinski definition) is 5. The van der Waals surface area contributed by atoms with Crippen LogP contribution in [0.2, 0.25) is 5.02 Å². The lowest BCUT2D eigenvalue weighted by molar-refractivity contribution is 0.0939. The van der Waals surface area contributed by atoms with Crippen LogP contribution >= 0.6 is 11.6 Å². The molecule has 0 N–H and O–H groups in total. The van der Waals surface area contributed by atoms with Crippen LogP contribution in [-0.2, 0) is 0 Å². The molecule has 0 bridgehead atoms. The number of nitrogens with zero attached hydrogens (tertiary/aromatic N) is 2. The topological polar surface area (TPSA) is 60.2 Å². The summed E-state index contributed by atoms with van der Waals surface area (Å²) < 4.78 is 11.1. The molecule has 2 aromatic rings. The van der Waals surface area contributed by atoms with Gasteiger partial charge in [-0.15, -0.1) is 5.11 Å². The molecule has 0 fully saturated rings. The Morgan fingerprint density at radius 2 is 1.67 bits per heavy atom. The largest absolute Gasteiger partial charge is 0.486 e. The van der Waals surface area contributed by atoms with Gasteiger partial charge in [0, 0.05) is 22.6 Å². The van der Waals surface area contributed by atoms with E-state index in [1.165, 1.54) is 0 Å². The molecule has 5 nitrogen and oxygen atoms in total. The molecular formula is C18H17ClN2O3. The Balaban J connectivity index is 2.00. The van der Waals surface area contributed by atoms with Crippen LogP contribution < -0.4 is 9.47 Å². The zero-order chi connectivity index (χ0) is 17.1. The van der Waals surface area contributed by atoms with Gasteiger partial charge in [0.25, 0.3) is 0 Å². The molecule has 0 amide bonds. The third kappa shape index (κ3) is 3.57. The molecule has 3 rings (SSSR count). The first-order valence-electron chi connectivity index (χ1n) is 7.70. The Kier molecular flexibility index (Phi) is 4.81. The number of azo groups is 1. The zero-order valence-corrected chi connectivity index (χ0v) is 14.2.